The first-order valence-corrected chi connectivity index (χ1v) is 7.78. The van der Waals surface area contributed by atoms with Gasteiger partial charge in [-0.25, -0.2) is 0 Å². The molecule has 0 saturated heterocycles. The summed E-state index contributed by atoms with van der Waals surface area (Å²) in [6.45, 7) is 4.32. The lowest BCUT2D eigenvalue weighted by Crippen LogP contribution is -2.34. The Hall–Kier alpha value is -0.470. The van der Waals surface area contributed by atoms with Gasteiger partial charge < -0.3 is 5.32 Å². The number of benzene rings is 1. The van der Waals surface area contributed by atoms with Crippen molar-refractivity contribution in [3.8, 4) is 0 Å². The Morgan fingerprint density at radius 1 is 1.29 bits per heavy atom. The van der Waals surface area contributed by atoms with Gasteiger partial charge in [-0.3, -0.25) is 0 Å². The van der Waals surface area contributed by atoms with Crippen molar-refractivity contribution in [2.24, 2.45) is 0 Å². The summed E-state index contributed by atoms with van der Waals surface area (Å²) >= 11 is 2.06. The molecule has 0 aromatic heterocycles. The summed E-state index contributed by atoms with van der Waals surface area (Å²) in [7, 11) is 0. The van der Waals surface area contributed by atoms with Crippen LogP contribution in [0, 0.1) is 6.92 Å². The monoisotopic (exact) mass is 249 g/mol. The molecule has 0 atom stereocenters. The molecular formula is C15H23NS. The maximum atomic E-state index is 3.64. The predicted octanol–water partition coefficient (Wildman–Crippen LogP) is 3.76. The molecule has 1 nitrogen and oxygen atoms in total. The molecule has 1 aliphatic carbocycles. The molecule has 1 N–H and O–H groups in total. The molecule has 1 fully saturated rings. The van der Waals surface area contributed by atoms with Crippen molar-refractivity contribution in [2.45, 2.75) is 43.9 Å². The van der Waals surface area contributed by atoms with Gasteiger partial charge in [-0.1, -0.05) is 42.7 Å². The zero-order valence-electron chi connectivity index (χ0n) is 11.0. The molecule has 1 aromatic carbocycles. The average molecular weight is 249 g/mol. The van der Waals surface area contributed by atoms with Gasteiger partial charge in [0, 0.05) is 17.8 Å². The van der Waals surface area contributed by atoms with Gasteiger partial charge in [-0.05, 0) is 31.6 Å². The van der Waals surface area contributed by atoms with Crippen LogP contribution in [0.5, 0.6) is 0 Å². The molecule has 17 heavy (non-hydrogen) atoms. The molecule has 0 unspecified atom stereocenters. The molecule has 1 saturated carbocycles. The topological polar surface area (TPSA) is 12.0 Å². The Morgan fingerprint density at radius 3 is 2.71 bits per heavy atom. The molecule has 94 valence electrons. The molecule has 2 heteroatoms. The fraction of sp³-hybridized carbons (Fsp3) is 0.600. The highest BCUT2D eigenvalue weighted by Crippen LogP contribution is 2.39. The highest BCUT2D eigenvalue weighted by Gasteiger charge is 2.32. The number of nitrogens with one attached hydrogen (secondary N) is 1. The Morgan fingerprint density at radius 2 is 2.06 bits per heavy atom. The van der Waals surface area contributed by atoms with Crippen molar-refractivity contribution in [1.29, 1.82) is 0 Å². The maximum absolute atomic E-state index is 3.64. The minimum atomic E-state index is 0.518. The largest absolute Gasteiger partial charge is 0.311 e. The predicted molar refractivity (Wildman–Crippen MR) is 77.6 cm³/mol. The van der Waals surface area contributed by atoms with Crippen LogP contribution in [-0.2, 0) is 6.54 Å². The SMILES string of the molecule is CSC1(CNCc2cccc(C)c2)CCCC1. The minimum absolute atomic E-state index is 0.518. The third-order valence-electron chi connectivity index (χ3n) is 3.81. The van der Waals surface area contributed by atoms with Crippen molar-refractivity contribution in [2.75, 3.05) is 12.8 Å². The van der Waals surface area contributed by atoms with E-state index >= 15 is 0 Å². The Balaban J connectivity index is 1.82. The van der Waals surface area contributed by atoms with Gasteiger partial charge in [0.25, 0.3) is 0 Å². The van der Waals surface area contributed by atoms with E-state index in [9.17, 15) is 0 Å². The third kappa shape index (κ3) is 3.49. The lowest BCUT2D eigenvalue weighted by atomic mass is 10.1. The second-order valence-corrected chi connectivity index (χ2v) is 6.46. The number of hydrogen-bond donors (Lipinski definition) is 1. The van der Waals surface area contributed by atoms with E-state index in [1.165, 1.54) is 36.8 Å². The fourth-order valence-electron chi connectivity index (χ4n) is 2.73. The van der Waals surface area contributed by atoms with Gasteiger partial charge in [0.05, 0.1) is 0 Å². The summed E-state index contributed by atoms with van der Waals surface area (Å²) in [4.78, 5) is 0. The van der Waals surface area contributed by atoms with E-state index in [1.54, 1.807) is 0 Å². The van der Waals surface area contributed by atoms with E-state index in [4.69, 9.17) is 0 Å². The second-order valence-electron chi connectivity index (χ2n) is 5.19. The van der Waals surface area contributed by atoms with Crippen molar-refractivity contribution in [3.63, 3.8) is 0 Å². The summed E-state index contributed by atoms with van der Waals surface area (Å²) in [6.07, 6.45) is 7.85. The van der Waals surface area contributed by atoms with Gasteiger partial charge in [-0.2, -0.15) is 11.8 Å². The molecule has 1 aliphatic rings. The van der Waals surface area contributed by atoms with Crippen LogP contribution >= 0.6 is 11.8 Å². The average Bonchev–Trinajstić information content (AvgIpc) is 2.79. The van der Waals surface area contributed by atoms with E-state index in [2.05, 4.69) is 54.5 Å². The molecule has 0 spiro atoms. The first kappa shape index (κ1) is 13.0. The molecule has 0 amide bonds. The lowest BCUT2D eigenvalue weighted by Gasteiger charge is -2.27. The molecular weight excluding hydrogens is 226 g/mol. The Labute approximate surface area is 109 Å². The van der Waals surface area contributed by atoms with Crippen LogP contribution in [0.2, 0.25) is 0 Å². The molecule has 0 radical (unpaired) electrons. The molecule has 0 aliphatic heterocycles. The van der Waals surface area contributed by atoms with E-state index in [0.29, 0.717) is 4.75 Å². The van der Waals surface area contributed by atoms with E-state index in [1.807, 2.05) is 0 Å². The molecule has 0 heterocycles. The van der Waals surface area contributed by atoms with Gasteiger partial charge in [-0.15, -0.1) is 0 Å². The van der Waals surface area contributed by atoms with Crippen LogP contribution in [0.1, 0.15) is 36.8 Å². The number of rotatable bonds is 5. The molecule has 1 aromatic rings. The molecule has 2 rings (SSSR count). The van der Waals surface area contributed by atoms with Crippen molar-refractivity contribution in [1.82, 2.24) is 5.32 Å². The van der Waals surface area contributed by atoms with Gasteiger partial charge in [0.2, 0.25) is 0 Å². The molecule has 0 bridgehead atoms. The number of hydrogen-bond acceptors (Lipinski definition) is 2. The van der Waals surface area contributed by atoms with E-state index < -0.39 is 0 Å². The quantitative estimate of drug-likeness (QED) is 0.852. The fourth-order valence-corrected chi connectivity index (χ4v) is 3.67. The lowest BCUT2D eigenvalue weighted by molar-refractivity contribution is 0.533. The second kappa shape index (κ2) is 5.92. The number of thioether (sulfide) groups is 1. The van der Waals surface area contributed by atoms with Crippen molar-refractivity contribution in [3.05, 3.63) is 35.4 Å². The summed E-state index contributed by atoms with van der Waals surface area (Å²) in [5, 5.41) is 3.64. The van der Waals surface area contributed by atoms with E-state index in [0.717, 1.165) is 13.1 Å². The van der Waals surface area contributed by atoms with Crippen LogP contribution in [0.25, 0.3) is 0 Å². The van der Waals surface area contributed by atoms with Gasteiger partial charge >= 0.3 is 0 Å². The maximum Gasteiger partial charge on any atom is 0.0281 e. The van der Waals surface area contributed by atoms with Gasteiger partial charge in [0.15, 0.2) is 0 Å². The summed E-state index contributed by atoms with van der Waals surface area (Å²) in [5.41, 5.74) is 2.75. The van der Waals surface area contributed by atoms with Crippen LogP contribution in [0.3, 0.4) is 0 Å². The first-order chi connectivity index (χ1) is 8.24. The first-order valence-electron chi connectivity index (χ1n) is 6.56. The zero-order chi connectivity index (χ0) is 12.1. The van der Waals surface area contributed by atoms with Gasteiger partial charge in [0.1, 0.15) is 0 Å². The van der Waals surface area contributed by atoms with Crippen LogP contribution in [0.4, 0.5) is 0 Å². The van der Waals surface area contributed by atoms with Crippen LogP contribution < -0.4 is 5.32 Å². The normalized spacial score (nSPS) is 18.5. The van der Waals surface area contributed by atoms with Crippen molar-refractivity contribution >= 4 is 11.8 Å². The summed E-state index contributed by atoms with van der Waals surface area (Å²) in [5.74, 6) is 0. The Bertz CT molecular complexity index is 356. The number of aryl methyl sites for hydroxylation is 1. The highest BCUT2D eigenvalue weighted by atomic mass is 32.2. The Kier molecular flexibility index (Phi) is 4.52. The standard InChI is InChI=1S/C15H23NS/c1-13-6-5-7-14(10-13)11-16-12-15(17-2)8-3-4-9-15/h5-7,10,16H,3-4,8-9,11-12H2,1-2H3. The van der Waals surface area contributed by atoms with Crippen LogP contribution in [-0.4, -0.2) is 17.5 Å². The highest BCUT2D eigenvalue weighted by molar-refractivity contribution is 8.00. The zero-order valence-corrected chi connectivity index (χ0v) is 11.8. The minimum Gasteiger partial charge on any atom is -0.311 e. The summed E-state index contributed by atoms with van der Waals surface area (Å²) < 4.78 is 0.518. The summed E-state index contributed by atoms with van der Waals surface area (Å²) in [6, 6.07) is 8.78. The third-order valence-corrected chi connectivity index (χ3v) is 5.23. The van der Waals surface area contributed by atoms with Crippen LogP contribution in [0.15, 0.2) is 24.3 Å². The van der Waals surface area contributed by atoms with Crippen molar-refractivity contribution < 1.29 is 0 Å². The van der Waals surface area contributed by atoms with E-state index in [-0.39, 0.29) is 0 Å². The smallest absolute Gasteiger partial charge is 0.0281 e.